The molecule has 4 rings (SSSR count). The van der Waals surface area contributed by atoms with Crippen LogP contribution in [0.2, 0.25) is 0 Å². The highest BCUT2D eigenvalue weighted by Crippen LogP contribution is 2.29. The van der Waals surface area contributed by atoms with Crippen molar-refractivity contribution in [3.8, 4) is 5.69 Å². The van der Waals surface area contributed by atoms with Crippen molar-refractivity contribution in [1.82, 2.24) is 19.9 Å². The lowest BCUT2D eigenvalue weighted by Crippen LogP contribution is -2.55. The molecule has 2 aromatic rings. The van der Waals surface area contributed by atoms with Gasteiger partial charge in [-0.25, -0.2) is 0 Å². The molecule has 1 aliphatic carbocycles. The number of nitrogens with zero attached hydrogens (tertiary/aromatic N) is 4. The lowest BCUT2D eigenvalue weighted by Gasteiger charge is -2.43. The van der Waals surface area contributed by atoms with Crippen molar-refractivity contribution in [2.75, 3.05) is 13.2 Å². The average molecular weight is 326 g/mol. The number of hydrogen-bond acceptors (Lipinski definition) is 4. The summed E-state index contributed by atoms with van der Waals surface area (Å²) in [4.78, 5) is 16.6. The second-order valence-corrected chi connectivity index (χ2v) is 6.52. The van der Waals surface area contributed by atoms with E-state index in [1.165, 1.54) is 6.42 Å². The van der Waals surface area contributed by atoms with Gasteiger partial charge in [-0.3, -0.25) is 4.79 Å². The Kier molecular flexibility index (Phi) is 4.06. The summed E-state index contributed by atoms with van der Waals surface area (Å²) in [6, 6.07) is 9.86. The van der Waals surface area contributed by atoms with Gasteiger partial charge < -0.3 is 9.64 Å². The van der Waals surface area contributed by atoms with Crippen LogP contribution in [0.15, 0.2) is 30.3 Å². The van der Waals surface area contributed by atoms with Crippen molar-refractivity contribution in [2.45, 2.75) is 44.8 Å². The standard InChI is InChI=1S/C18H22N4O2/c1-13-17(20-22(19-13)14-7-3-2-4-8-14)18(23)21-11-12-24-16-10-6-5-9-15(16)21/h2-4,7-8,15-16H,5-6,9-12H2,1H3/t15-,16+/m1/s1. The largest absolute Gasteiger partial charge is 0.374 e. The molecule has 2 fully saturated rings. The van der Waals surface area contributed by atoms with Gasteiger partial charge in [0.2, 0.25) is 0 Å². The molecular weight excluding hydrogens is 304 g/mol. The second-order valence-electron chi connectivity index (χ2n) is 6.52. The van der Waals surface area contributed by atoms with Crippen molar-refractivity contribution in [3.63, 3.8) is 0 Å². The van der Waals surface area contributed by atoms with E-state index in [1.807, 2.05) is 42.2 Å². The Hall–Kier alpha value is -2.21. The van der Waals surface area contributed by atoms with E-state index in [-0.39, 0.29) is 18.1 Å². The molecule has 1 aromatic heterocycles. The van der Waals surface area contributed by atoms with Crippen LogP contribution in [0.1, 0.15) is 41.9 Å². The normalized spacial score (nSPS) is 23.8. The first-order chi connectivity index (χ1) is 11.7. The Morgan fingerprint density at radius 1 is 1.17 bits per heavy atom. The maximum Gasteiger partial charge on any atom is 0.276 e. The van der Waals surface area contributed by atoms with Crippen LogP contribution in [0.3, 0.4) is 0 Å². The summed E-state index contributed by atoms with van der Waals surface area (Å²) in [7, 11) is 0. The minimum Gasteiger partial charge on any atom is -0.374 e. The number of benzene rings is 1. The van der Waals surface area contributed by atoms with Crippen LogP contribution in [-0.4, -0.2) is 51.1 Å². The van der Waals surface area contributed by atoms with E-state index in [0.29, 0.717) is 24.5 Å². The van der Waals surface area contributed by atoms with Gasteiger partial charge in [0.1, 0.15) is 0 Å². The minimum atomic E-state index is -0.0186. The van der Waals surface area contributed by atoms with Crippen LogP contribution < -0.4 is 0 Å². The molecule has 1 saturated heterocycles. The first-order valence-electron chi connectivity index (χ1n) is 8.66. The zero-order valence-corrected chi connectivity index (χ0v) is 13.9. The summed E-state index contributed by atoms with van der Waals surface area (Å²) in [5.74, 6) is -0.0186. The van der Waals surface area contributed by atoms with Gasteiger partial charge in [-0.15, -0.1) is 5.10 Å². The summed E-state index contributed by atoms with van der Waals surface area (Å²) < 4.78 is 5.87. The fourth-order valence-corrected chi connectivity index (χ4v) is 3.74. The van der Waals surface area contributed by atoms with Gasteiger partial charge in [-0.2, -0.15) is 9.90 Å². The molecule has 0 radical (unpaired) electrons. The highest BCUT2D eigenvalue weighted by Gasteiger charge is 2.38. The molecule has 24 heavy (non-hydrogen) atoms. The SMILES string of the molecule is Cc1nn(-c2ccccc2)nc1C(=O)N1CCO[C@H]2CCCC[C@H]21. The van der Waals surface area contributed by atoms with Gasteiger partial charge in [0.15, 0.2) is 5.69 Å². The average Bonchev–Trinajstić information content (AvgIpc) is 3.03. The van der Waals surface area contributed by atoms with Gasteiger partial charge in [0.25, 0.3) is 5.91 Å². The maximum atomic E-state index is 13.1. The summed E-state index contributed by atoms with van der Waals surface area (Å²) in [6.07, 6.45) is 4.59. The topological polar surface area (TPSA) is 60.2 Å². The van der Waals surface area contributed by atoms with Crippen LogP contribution in [0.25, 0.3) is 5.69 Å². The van der Waals surface area contributed by atoms with Crippen LogP contribution in [0, 0.1) is 6.92 Å². The van der Waals surface area contributed by atoms with E-state index < -0.39 is 0 Å². The Bertz CT molecular complexity index is 726. The Morgan fingerprint density at radius 2 is 1.96 bits per heavy atom. The van der Waals surface area contributed by atoms with Crippen molar-refractivity contribution in [2.24, 2.45) is 0 Å². The first kappa shape index (κ1) is 15.3. The minimum absolute atomic E-state index is 0.0186. The zero-order valence-electron chi connectivity index (χ0n) is 13.9. The summed E-state index contributed by atoms with van der Waals surface area (Å²) in [5.41, 5.74) is 1.98. The molecule has 2 heterocycles. The van der Waals surface area contributed by atoms with Crippen molar-refractivity contribution in [3.05, 3.63) is 41.7 Å². The fourth-order valence-electron chi connectivity index (χ4n) is 3.74. The molecular formula is C18H22N4O2. The molecule has 6 heteroatoms. The molecule has 0 N–H and O–H groups in total. The number of aryl methyl sites for hydroxylation is 1. The lowest BCUT2D eigenvalue weighted by molar-refractivity contribution is -0.0754. The zero-order chi connectivity index (χ0) is 16.5. The molecule has 1 amide bonds. The number of morpholine rings is 1. The predicted molar refractivity (Wildman–Crippen MR) is 89.1 cm³/mol. The lowest BCUT2D eigenvalue weighted by atomic mass is 9.90. The quantitative estimate of drug-likeness (QED) is 0.850. The van der Waals surface area contributed by atoms with Crippen LogP contribution in [0.4, 0.5) is 0 Å². The number of rotatable bonds is 2. The first-order valence-corrected chi connectivity index (χ1v) is 8.66. The number of fused-ring (bicyclic) bond motifs is 1. The molecule has 2 atom stereocenters. The maximum absolute atomic E-state index is 13.1. The molecule has 126 valence electrons. The van der Waals surface area contributed by atoms with E-state index in [2.05, 4.69) is 10.2 Å². The molecule has 0 bridgehead atoms. The summed E-state index contributed by atoms with van der Waals surface area (Å²) >= 11 is 0. The number of carbonyl (C=O) groups is 1. The van der Waals surface area contributed by atoms with Gasteiger partial charge in [-0.05, 0) is 31.9 Å². The molecule has 1 aromatic carbocycles. The number of hydrogen-bond donors (Lipinski definition) is 0. The molecule has 0 spiro atoms. The number of ether oxygens (including phenoxy) is 1. The molecule has 0 unspecified atom stereocenters. The third kappa shape index (κ3) is 2.71. The third-order valence-corrected chi connectivity index (χ3v) is 4.96. The summed E-state index contributed by atoms with van der Waals surface area (Å²) in [6.45, 7) is 3.09. The second kappa shape index (κ2) is 6.36. The number of para-hydroxylation sites is 1. The van der Waals surface area contributed by atoms with Gasteiger partial charge in [-0.1, -0.05) is 31.0 Å². The van der Waals surface area contributed by atoms with Crippen molar-refractivity contribution in [1.29, 1.82) is 0 Å². The van der Waals surface area contributed by atoms with Gasteiger partial charge >= 0.3 is 0 Å². The molecule has 1 aliphatic heterocycles. The molecule has 6 nitrogen and oxygen atoms in total. The van der Waals surface area contributed by atoms with Gasteiger partial charge in [0, 0.05) is 6.54 Å². The van der Waals surface area contributed by atoms with Crippen LogP contribution in [-0.2, 0) is 4.74 Å². The van der Waals surface area contributed by atoms with E-state index >= 15 is 0 Å². The number of carbonyl (C=O) groups excluding carboxylic acids is 1. The van der Waals surface area contributed by atoms with E-state index in [9.17, 15) is 4.79 Å². The Balaban J connectivity index is 1.61. The van der Waals surface area contributed by atoms with Crippen LogP contribution in [0.5, 0.6) is 0 Å². The fraction of sp³-hybridized carbons (Fsp3) is 0.500. The molecule has 2 aliphatic rings. The van der Waals surface area contributed by atoms with Crippen molar-refractivity contribution < 1.29 is 9.53 Å². The monoisotopic (exact) mass is 326 g/mol. The van der Waals surface area contributed by atoms with E-state index in [4.69, 9.17) is 4.74 Å². The molecule has 1 saturated carbocycles. The van der Waals surface area contributed by atoms with Crippen LogP contribution >= 0.6 is 0 Å². The summed E-state index contributed by atoms with van der Waals surface area (Å²) in [5, 5.41) is 8.89. The Labute approximate surface area is 141 Å². The van der Waals surface area contributed by atoms with Crippen molar-refractivity contribution >= 4 is 5.91 Å². The van der Waals surface area contributed by atoms with Gasteiger partial charge in [0.05, 0.1) is 30.1 Å². The van der Waals surface area contributed by atoms with E-state index in [1.54, 1.807) is 4.80 Å². The third-order valence-electron chi connectivity index (χ3n) is 4.96. The number of amides is 1. The number of aromatic nitrogens is 3. The predicted octanol–water partition coefficient (Wildman–Crippen LogP) is 2.36. The smallest absolute Gasteiger partial charge is 0.276 e. The highest BCUT2D eigenvalue weighted by atomic mass is 16.5. The highest BCUT2D eigenvalue weighted by molar-refractivity contribution is 5.93. The Morgan fingerprint density at radius 3 is 2.79 bits per heavy atom. The van der Waals surface area contributed by atoms with E-state index in [0.717, 1.165) is 24.9 Å².